The van der Waals surface area contributed by atoms with Gasteiger partial charge in [-0.05, 0) is 18.6 Å². The number of hydrogen-bond acceptors (Lipinski definition) is 2. The third-order valence-corrected chi connectivity index (χ3v) is 3.31. The van der Waals surface area contributed by atoms with Gasteiger partial charge in [0.15, 0.2) is 0 Å². The van der Waals surface area contributed by atoms with Gasteiger partial charge in [-0.15, -0.1) is 0 Å². The van der Waals surface area contributed by atoms with Crippen LogP contribution in [0.3, 0.4) is 0 Å². The van der Waals surface area contributed by atoms with Crippen molar-refractivity contribution in [2.75, 3.05) is 13.2 Å². The highest BCUT2D eigenvalue weighted by atomic mass is 79.9. The Labute approximate surface area is 96.2 Å². The second-order valence-electron chi connectivity index (χ2n) is 3.82. The molecule has 0 bridgehead atoms. The number of hydrogen-bond donors (Lipinski definition) is 0. The van der Waals surface area contributed by atoms with Gasteiger partial charge in [0, 0.05) is 23.2 Å². The molecule has 78 valence electrons. The molecule has 3 nitrogen and oxygen atoms in total. The van der Waals surface area contributed by atoms with E-state index < -0.39 is 0 Å². The second-order valence-corrected chi connectivity index (χ2v) is 4.73. The normalized spacial score (nSPS) is 21.3. The van der Waals surface area contributed by atoms with Crippen molar-refractivity contribution in [3.8, 4) is 0 Å². The monoisotopic (exact) mass is 266 g/mol. The Morgan fingerprint density at radius 1 is 1.53 bits per heavy atom. The number of imidazole rings is 1. The molecule has 3 heterocycles. The molecule has 1 aliphatic heterocycles. The summed E-state index contributed by atoms with van der Waals surface area (Å²) in [6.07, 6.45) is 5.05. The number of pyridine rings is 1. The van der Waals surface area contributed by atoms with Crippen LogP contribution in [0.2, 0.25) is 0 Å². The Balaban J connectivity index is 2.11. The molecule has 0 amide bonds. The first-order valence-corrected chi connectivity index (χ1v) is 5.84. The molecule has 1 saturated heterocycles. The summed E-state index contributed by atoms with van der Waals surface area (Å²) in [5, 5.41) is 0. The second kappa shape index (κ2) is 3.61. The van der Waals surface area contributed by atoms with Gasteiger partial charge in [-0.1, -0.05) is 15.9 Å². The smallest absolute Gasteiger partial charge is 0.118 e. The number of ether oxygens (including phenoxy) is 1. The third kappa shape index (κ3) is 1.58. The molecule has 1 fully saturated rings. The molecule has 1 atom stereocenters. The van der Waals surface area contributed by atoms with Crippen molar-refractivity contribution in [1.82, 2.24) is 9.38 Å². The fraction of sp³-hybridized carbons (Fsp3) is 0.364. The van der Waals surface area contributed by atoms with E-state index >= 15 is 0 Å². The first-order chi connectivity index (χ1) is 7.34. The van der Waals surface area contributed by atoms with Crippen LogP contribution in [0, 0.1) is 0 Å². The topological polar surface area (TPSA) is 26.5 Å². The molecule has 1 aliphatic rings. The van der Waals surface area contributed by atoms with E-state index in [1.165, 1.54) is 0 Å². The van der Waals surface area contributed by atoms with E-state index in [0.717, 1.165) is 35.4 Å². The first-order valence-electron chi connectivity index (χ1n) is 5.05. The largest absolute Gasteiger partial charge is 0.381 e. The Kier molecular flexibility index (Phi) is 2.25. The lowest BCUT2D eigenvalue weighted by molar-refractivity contribution is 0.193. The number of aromatic nitrogens is 2. The average molecular weight is 267 g/mol. The van der Waals surface area contributed by atoms with Crippen LogP contribution in [0.1, 0.15) is 18.2 Å². The van der Waals surface area contributed by atoms with E-state index in [2.05, 4.69) is 37.6 Å². The SMILES string of the molecule is Brc1ccn2c(C3CCOC3)ncc2c1. The molecule has 0 saturated carbocycles. The van der Waals surface area contributed by atoms with Crippen LogP contribution < -0.4 is 0 Å². The summed E-state index contributed by atoms with van der Waals surface area (Å²) < 4.78 is 8.62. The summed E-state index contributed by atoms with van der Waals surface area (Å²) >= 11 is 3.46. The molecule has 0 N–H and O–H groups in total. The van der Waals surface area contributed by atoms with Crippen LogP contribution in [-0.4, -0.2) is 22.6 Å². The number of nitrogens with zero attached hydrogens (tertiary/aromatic N) is 2. The minimum absolute atomic E-state index is 0.452. The number of rotatable bonds is 1. The van der Waals surface area contributed by atoms with Gasteiger partial charge < -0.3 is 9.14 Å². The molecule has 4 heteroatoms. The Morgan fingerprint density at radius 3 is 3.27 bits per heavy atom. The summed E-state index contributed by atoms with van der Waals surface area (Å²) in [6, 6.07) is 4.11. The van der Waals surface area contributed by atoms with Crippen LogP contribution in [0.4, 0.5) is 0 Å². The van der Waals surface area contributed by atoms with Crippen molar-refractivity contribution >= 4 is 21.4 Å². The van der Waals surface area contributed by atoms with Crippen LogP contribution in [-0.2, 0) is 4.74 Å². The molecule has 0 aromatic carbocycles. The zero-order valence-electron chi connectivity index (χ0n) is 8.19. The maximum Gasteiger partial charge on any atom is 0.118 e. The maximum absolute atomic E-state index is 5.39. The predicted molar refractivity (Wildman–Crippen MR) is 61.1 cm³/mol. The lowest BCUT2D eigenvalue weighted by Gasteiger charge is -2.06. The molecule has 0 spiro atoms. The molecule has 15 heavy (non-hydrogen) atoms. The molecule has 0 aliphatic carbocycles. The Bertz CT molecular complexity index is 488. The lowest BCUT2D eigenvalue weighted by Crippen LogP contribution is -2.03. The Morgan fingerprint density at radius 2 is 2.47 bits per heavy atom. The predicted octanol–water partition coefficient (Wildman–Crippen LogP) is 2.60. The molecule has 1 unspecified atom stereocenters. The van der Waals surface area contributed by atoms with Gasteiger partial charge in [-0.3, -0.25) is 0 Å². The summed E-state index contributed by atoms with van der Waals surface area (Å²) in [7, 11) is 0. The molecular formula is C11H11BrN2O. The quantitative estimate of drug-likeness (QED) is 0.794. The van der Waals surface area contributed by atoms with Gasteiger partial charge in [0.25, 0.3) is 0 Å². The van der Waals surface area contributed by atoms with Gasteiger partial charge in [0.1, 0.15) is 5.82 Å². The van der Waals surface area contributed by atoms with Crippen molar-refractivity contribution < 1.29 is 4.74 Å². The van der Waals surface area contributed by atoms with E-state index in [-0.39, 0.29) is 0 Å². The van der Waals surface area contributed by atoms with E-state index in [9.17, 15) is 0 Å². The van der Waals surface area contributed by atoms with E-state index in [0.29, 0.717) is 5.92 Å². The molecule has 2 aromatic heterocycles. The fourth-order valence-corrected chi connectivity index (χ4v) is 2.39. The van der Waals surface area contributed by atoms with Gasteiger partial charge >= 0.3 is 0 Å². The van der Waals surface area contributed by atoms with Gasteiger partial charge in [-0.25, -0.2) is 4.98 Å². The highest BCUT2D eigenvalue weighted by molar-refractivity contribution is 9.10. The third-order valence-electron chi connectivity index (χ3n) is 2.82. The van der Waals surface area contributed by atoms with Gasteiger partial charge in [-0.2, -0.15) is 0 Å². The van der Waals surface area contributed by atoms with E-state index in [1.54, 1.807) is 0 Å². The summed E-state index contributed by atoms with van der Waals surface area (Å²) in [5.41, 5.74) is 1.13. The van der Waals surface area contributed by atoms with Gasteiger partial charge in [0.05, 0.1) is 18.3 Å². The number of fused-ring (bicyclic) bond motifs is 1. The zero-order valence-corrected chi connectivity index (χ0v) is 9.77. The minimum Gasteiger partial charge on any atom is -0.381 e. The van der Waals surface area contributed by atoms with Crippen molar-refractivity contribution in [3.63, 3.8) is 0 Å². The molecular weight excluding hydrogens is 256 g/mol. The summed E-state index contributed by atoms with van der Waals surface area (Å²) in [5.74, 6) is 1.57. The highest BCUT2D eigenvalue weighted by Crippen LogP contribution is 2.25. The standard InChI is InChI=1S/C11H11BrN2O/c12-9-1-3-14-10(5-9)6-13-11(14)8-2-4-15-7-8/h1,3,5-6,8H,2,4,7H2. The van der Waals surface area contributed by atoms with E-state index in [1.807, 2.05) is 12.3 Å². The van der Waals surface area contributed by atoms with Crippen molar-refractivity contribution in [2.45, 2.75) is 12.3 Å². The number of halogens is 1. The van der Waals surface area contributed by atoms with Crippen LogP contribution in [0.15, 0.2) is 29.0 Å². The van der Waals surface area contributed by atoms with Crippen molar-refractivity contribution in [1.29, 1.82) is 0 Å². The summed E-state index contributed by atoms with van der Waals surface area (Å²) in [4.78, 5) is 4.48. The van der Waals surface area contributed by atoms with Crippen LogP contribution in [0.5, 0.6) is 0 Å². The fourth-order valence-electron chi connectivity index (χ4n) is 2.03. The van der Waals surface area contributed by atoms with Crippen LogP contribution >= 0.6 is 15.9 Å². The molecule has 2 aromatic rings. The highest BCUT2D eigenvalue weighted by Gasteiger charge is 2.21. The molecule has 0 radical (unpaired) electrons. The summed E-state index contributed by atoms with van der Waals surface area (Å²) in [6.45, 7) is 1.66. The van der Waals surface area contributed by atoms with Crippen molar-refractivity contribution in [3.05, 3.63) is 34.8 Å². The molecule has 3 rings (SSSR count). The minimum atomic E-state index is 0.452. The average Bonchev–Trinajstić information content (AvgIpc) is 2.82. The Hall–Kier alpha value is -0.870. The lowest BCUT2D eigenvalue weighted by atomic mass is 10.1. The first kappa shape index (κ1) is 9.36. The zero-order chi connectivity index (χ0) is 10.3. The van der Waals surface area contributed by atoms with Crippen LogP contribution in [0.25, 0.3) is 5.52 Å². The van der Waals surface area contributed by atoms with Crippen molar-refractivity contribution in [2.24, 2.45) is 0 Å². The maximum atomic E-state index is 5.39. The van der Waals surface area contributed by atoms with Gasteiger partial charge in [0.2, 0.25) is 0 Å². The van der Waals surface area contributed by atoms with E-state index in [4.69, 9.17) is 4.74 Å².